The summed E-state index contributed by atoms with van der Waals surface area (Å²) in [5.41, 5.74) is -0.448. The second-order valence-corrected chi connectivity index (χ2v) is 5.33. The van der Waals surface area contributed by atoms with Gasteiger partial charge in [0.2, 0.25) is 0 Å². The van der Waals surface area contributed by atoms with E-state index < -0.39 is 5.72 Å². The first kappa shape index (κ1) is 11.2. The molecule has 2 saturated heterocycles. The summed E-state index contributed by atoms with van der Waals surface area (Å²) in [6.07, 6.45) is 12.3. The van der Waals surface area contributed by atoms with Crippen LogP contribution in [0, 0.1) is 0 Å². The molecule has 0 amide bonds. The van der Waals surface area contributed by atoms with Gasteiger partial charge in [-0.15, -0.1) is 0 Å². The van der Waals surface area contributed by atoms with Gasteiger partial charge in [-0.2, -0.15) is 0 Å². The molecule has 17 heavy (non-hydrogen) atoms. The van der Waals surface area contributed by atoms with Gasteiger partial charge >= 0.3 is 0 Å². The molecule has 1 aliphatic carbocycles. The lowest BCUT2D eigenvalue weighted by Gasteiger charge is -2.52. The molecule has 1 spiro atoms. The minimum absolute atomic E-state index is 0.0611. The van der Waals surface area contributed by atoms with Gasteiger partial charge < -0.3 is 4.74 Å². The maximum atomic E-state index is 11.3. The maximum absolute atomic E-state index is 11.3. The number of ether oxygens (including phenoxy) is 1. The van der Waals surface area contributed by atoms with E-state index in [1.165, 1.54) is 19.3 Å². The average molecular weight is 233 g/mol. The minimum Gasteiger partial charge on any atom is -0.350 e. The zero-order valence-electron chi connectivity index (χ0n) is 10.3. The lowest BCUT2D eigenvalue weighted by molar-refractivity contribution is -0.189. The van der Waals surface area contributed by atoms with Crippen LogP contribution in [0.2, 0.25) is 0 Å². The monoisotopic (exact) mass is 233 g/mol. The number of allylic oxidation sites excluding steroid dienone is 2. The number of hydrogen-bond donors (Lipinski definition) is 0. The van der Waals surface area contributed by atoms with E-state index in [-0.39, 0.29) is 11.9 Å². The number of fused-ring (bicyclic) bond motifs is 2. The molecule has 3 aliphatic rings. The number of carbonyl (C=O) groups excluding carboxylic acids is 1. The third-order valence-electron chi connectivity index (χ3n) is 4.04. The molecule has 0 aromatic rings. The Balaban J connectivity index is 1.93. The fourth-order valence-corrected chi connectivity index (χ4v) is 3.31. The van der Waals surface area contributed by atoms with Crippen LogP contribution in [-0.2, 0) is 9.53 Å². The molecule has 2 fully saturated rings. The Morgan fingerprint density at radius 3 is 2.88 bits per heavy atom. The molecule has 92 valence electrons. The minimum atomic E-state index is -0.448. The first-order valence-corrected chi connectivity index (χ1v) is 6.57. The van der Waals surface area contributed by atoms with Gasteiger partial charge in [-0.3, -0.25) is 9.69 Å². The molecular formula is C14H19NO2. The smallest absolute Gasteiger partial charge is 0.178 e. The van der Waals surface area contributed by atoms with Crippen molar-refractivity contribution in [2.75, 3.05) is 6.54 Å². The van der Waals surface area contributed by atoms with Crippen molar-refractivity contribution in [3.63, 3.8) is 0 Å². The van der Waals surface area contributed by atoms with Gasteiger partial charge in [0, 0.05) is 12.6 Å². The third kappa shape index (κ3) is 1.87. The SMILES string of the molecule is C[C@H]1C[C@H]2CCCCN2C2(C=CC(=O)C=C2)O1. The van der Waals surface area contributed by atoms with E-state index in [1.54, 1.807) is 12.2 Å². The summed E-state index contributed by atoms with van der Waals surface area (Å²) < 4.78 is 6.13. The second kappa shape index (κ2) is 4.07. The topological polar surface area (TPSA) is 29.5 Å². The summed E-state index contributed by atoms with van der Waals surface area (Å²) in [5, 5.41) is 0. The van der Waals surface area contributed by atoms with Crippen LogP contribution >= 0.6 is 0 Å². The summed E-state index contributed by atoms with van der Waals surface area (Å²) in [6.45, 7) is 3.20. The average Bonchev–Trinajstić information content (AvgIpc) is 2.33. The van der Waals surface area contributed by atoms with Crippen molar-refractivity contribution in [3.8, 4) is 0 Å². The van der Waals surface area contributed by atoms with Gasteiger partial charge in [0.15, 0.2) is 11.5 Å². The largest absolute Gasteiger partial charge is 0.350 e. The van der Waals surface area contributed by atoms with Crippen LogP contribution in [0.5, 0.6) is 0 Å². The van der Waals surface area contributed by atoms with Crippen molar-refractivity contribution >= 4 is 5.78 Å². The van der Waals surface area contributed by atoms with E-state index in [2.05, 4.69) is 11.8 Å². The van der Waals surface area contributed by atoms with Crippen LogP contribution < -0.4 is 0 Å². The Kier molecular flexibility index (Phi) is 2.68. The Labute approximate surface area is 102 Å². The number of rotatable bonds is 0. The number of carbonyl (C=O) groups is 1. The standard InChI is InChI=1S/C14H19NO2/c1-11-10-12-4-2-3-9-15(12)14(17-11)7-5-13(16)6-8-14/h5-8,11-12H,2-4,9-10H2,1H3/t11-,12+/m0/s1. The Morgan fingerprint density at radius 1 is 1.35 bits per heavy atom. The lowest BCUT2D eigenvalue weighted by Crippen LogP contribution is -2.61. The number of piperidine rings is 1. The molecule has 0 aromatic heterocycles. The number of ketones is 1. The Morgan fingerprint density at radius 2 is 2.12 bits per heavy atom. The molecule has 3 heteroatoms. The van der Waals surface area contributed by atoms with Crippen molar-refractivity contribution in [2.24, 2.45) is 0 Å². The summed E-state index contributed by atoms with van der Waals surface area (Å²) in [6, 6.07) is 0.606. The van der Waals surface area contributed by atoms with Crippen LogP contribution in [0.3, 0.4) is 0 Å². The van der Waals surface area contributed by atoms with Crippen LogP contribution in [-0.4, -0.2) is 35.1 Å². The van der Waals surface area contributed by atoms with Gasteiger partial charge in [-0.1, -0.05) is 6.42 Å². The van der Waals surface area contributed by atoms with E-state index in [0.29, 0.717) is 6.04 Å². The molecule has 0 aromatic carbocycles. The fourth-order valence-electron chi connectivity index (χ4n) is 3.31. The van der Waals surface area contributed by atoms with Gasteiger partial charge in [0.25, 0.3) is 0 Å². The van der Waals surface area contributed by atoms with Crippen LogP contribution in [0.15, 0.2) is 24.3 Å². The predicted octanol–water partition coefficient (Wildman–Crippen LogP) is 2.04. The molecule has 0 bridgehead atoms. The molecular weight excluding hydrogens is 214 g/mol. The molecule has 0 N–H and O–H groups in total. The molecule has 0 saturated carbocycles. The predicted molar refractivity (Wildman–Crippen MR) is 65.5 cm³/mol. The van der Waals surface area contributed by atoms with Crippen molar-refractivity contribution in [3.05, 3.63) is 24.3 Å². The molecule has 0 radical (unpaired) electrons. The summed E-state index contributed by atoms with van der Waals surface area (Å²) in [7, 11) is 0. The maximum Gasteiger partial charge on any atom is 0.178 e. The summed E-state index contributed by atoms with van der Waals surface area (Å²) in [4.78, 5) is 13.7. The first-order chi connectivity index (χ1) is 8.20. The number of nitrogens with zero attached hydrogens (tertiary/aromatic N) is 1. The van der Waals surface area contributed by atoms with Crippen molar-refractivity contribution < 1.29 is 9.53 Å². The van der Waals surface area contributed by atoms with Crippen LogP contribution in [0.25, 0.3) is 0 Å². The molecule has 2 atom stereocenters. The highest BCUT2D eigenvalue weighted by atomic mass is 16.5. The lowest BCUT2D eigenvalue weighted by atomic mass is 9.89. The third-order valence-corrected chi connectivity index (χ3v) is 4.04. The van der Waals surface area contributed by atoms with Gasteiger partial charge in [-0.05, 0) is 50.5 Å². The molecule has 3 rings (SSSR count). The molecule has 3 nitrogen and oxygen atoms in total. The Bertz CT molecular complexity index is 370. The first-order valence-electron chi connectivity index (χ1n) is 6.57. The van der Waals surface area contributed by atoms with Crippen LogP contribution in [0.1, 0.15) is 32.6 Å². The van der Waals surface area contributed by atoms with E-state index in [0.717, 1.165) is 13.0 Å². The molecule has 0 unspecified atom stereocenters. The van der Waals surface area contributed by atoms with Crippen LogP contribution in [0.4, 0.5) is 0 Å². The van der Waals surface area contributed by atoms with E-state index in [4.69, 9.17) is 4.74 Å². The summed E-state index contributed by atoms with van der Waals surface area (Å²) >= 11 is 0. The van der Waals surface area contributed by atoms with E-state index in [9.17, 15) is 4.79 Å². The van der Waals surface area contributed by atoms with E-state index in [1.807, 2.05) is 12.2 Å². The van der Waals surface area contributed by atoms with Crippen molar-refractivity contribution in [1.29, 1.82) is 0 Å². The highest BCUT2D eigenvalue weighted by Gasteiger charge is 2.45. The van der Waals surface area contributed by atoms with Crippen molar-refractivity contribution in [2.45, 2.75) is 50.5 Å². The molecule has 2 aliphatic heterocycles. The summed E-state index contributed by atoms with van der Waals surface area (Å²) in [5.74, 6) is 0.0611. The Hall–Kier alpha value is -0.930. The highest BCUT2D eigenvalue weighted by molar-refractivity contribution is 6.00. The van der Waals surface area contributed by atoms with Gasteiger partial charge in [0.1, 0.15) is 0 Å². The second-order valence-electron chi connectivity index (χ2n) is 5.33. The zero-order chi connectivity index (χ0) is 11.9. The van der Waals surface area contributed by atoms with Gasteiger partial charge in [0.05, 0.1) is 6.10 Å². The highest BCUT2D eigenvalue weighted by Crippen LogP contribution is 2.38. The number of hydrogen-bond acceptors (Lipinski definition) is 3. The fraction of sp³-hybridized carbons (Fsp3) is 0.643. The van der Waals surface area contributed by atoms with E-state index >= 15 is 0 Å². The van der Waals surface area contributed by atoms with Gasteiger partial charge in [-0.25, -0.2) is 0 Å². The quantitative estimate of drug-likeness (QED) is 0.641. The molecule has 2 heterocycles. The zero-order valence-corrected chi connectivity index (χ0v) is 10.3. The van der Waals surface area contributed by atoms with Crippen molar-refractivity contribution in [1.82, 2.24) is 4.90 Å². The normalized spacial score (nSPS) is 36.2.